The van der Waals surface area contributed by atoms with Crippen LogP contribution in [0, 0.1) is 16.0 Å². The van der Waals surface area contributed by atoms with Gasteiger partial charge in [0.2, 0.25) is 17.7 Å². The van der Waals surface area contributed by atoms with Gasteiger partial charge in [0.25, 0.3) is 5.69 Å². The summed E-state index contributed by atoms with van der Waals surface area (Å²) in [5, 5.41) is 10.8. The second kappa shape index (κ2) is 10.6. The predicted molar refractivity (Wildman–Crippen MR) is 151 cm³/mol. The number of thiazole rings is 1. The molecule has 2 fully saturated rings. The van der Waals surface area contributed by atoms with E-state index in [2.05, 4.69) is 15.9 Å². The van der Waals surface area contributed by atoms with E-state index in [4.69, 9.17) is 4.74 Å². The maximum atomic E-state index is 13.9. The lowest BCUT2D eigenvalue weighted by Gasteiger charge is -2.31. The van der Waals surface area contributed by atoms with Crippen LogP contribution in [0.25, 0.3) is 0 Å². The van der Waals surface area contributed by atoms with Gasteiger partial charge in [0.1, 0.15) is 11.8 Å². The molecule has 3 aliphatic rings. The number of rotatable bonds is 5. The third kappa shape index (κ3) is 4.58. The van der Waals surface area contributed by atoms with Crippen LogP contribution in [0.2, 0.25) is 0 Å². The number of anilines is 1. The summed E-state index contributed by atoms with van der Waals surface area (Å²) in [4.78, 5) is 67.6. The minimum absolute atomic E-state index is 0.154. The average Bonchev–Trinajstić information content (AvgIpc) is 3.40. The number of carbonyl (C=O) groups excluding carboxylic acids is 3. The first-order valence-electron chi connectivity index (χ1n) is 12.4. The van der Waals surface area contributed by atoms with E-state index in [1.54, 1.807) is 4.90 Å². The van der Waals surface area contributed by atoms with E-state index in [1.165, 1.54) is 28.8 Å². The second-order valence-corrected chi connectivity index (χ2v) is 12.5. The third-order valence-corrected chi connectivity index (χ3v) is 10.4. The molecule has 3 aromatic rings. The lowest BCUT2D eigenvalue weighted by molar-refractivity contribution is -0.384. The highest BCUT2D eigenvalue weighted by Gasteiger charge is 2.56. The standard InChI is InChI=1S/C26H21BrN4O7S2/c27-15-3-1-14(2-4-15)19-20-21(24(34)30(23(20)33)16-5-7-17(8-6-16)31(36)37)39-25-22(19)40-26(35)29(25)13-18(32)28-9-11-38-12-10-28/h1-8,19-21H,9-13H2/t19-,20-,21+/m0/s1. The van der Waals surface area contributed by atoms with E-state index < -0.39 is 33.8 Å². The molecule has 1 aromatic heterocycles. The van der Waals surface area contributed by atoms with Gasteiger partial charge in [-0.1, -0.05) is 51.2 Å². The molecule has 3 amide bonds. The molecule has 3 atom stereocenters. The maximum Gasteiger partial charge on any atom is 0.308 e. The number of aromatic nitrogens is 1. The van der Waals surface area contributed by atoms with Gasteiger partial charge in [-0.25, -0.2) is 4.90 Å². The monoisotopic (exact) mass is 644 g/mol. The van der Waals surface area contributed by atoms with Gasteiger partial charge in [-0.3, -0.25) is 33.9 Å². The molecule has 3 aliphatic heterocycles. The number of nitro benzene ring substituents is 1. The van der Waals surface area contributed by atoms with Crippen LogP contribution in [0.3, 0.4) is 0 Å². The fraction of sp³-hybridized carbons (Fsp3) is 0.308. The summed E-state index contributed by atoms with van der Waals surface area (Å²) < 4.78 is 7.58. The molecule has 206 valence electrons. The lowest BCUT2D eigenvalue weighted by Crippen LogP contribution is -2.43. The Bertz CT molecular complexity index is 1580. The number of benzene rings is 2. The Hall–Kier alpha value is -3.33. The first kappa shape index (κ1) is 26.9. The van der Waals surface area contributed by atoms with E-state index in [0.717, 1.165) is 38.0 Å². The van der Waals surface area contributed by atoms with Crippen LogP contribution in [0.1, 0.15) is 16.4 Å². The van der Waals surface area contributed by atoms with Gasteiger partial charge in [0.15, 0.2) is 0 Å². The number of nitrogens with zero attached hydrogens (tertiary/aromatic N) is 4. The summed E-state index contributed by atoms with van der Waals surface area (Å²) in [7, 11) is 0. The number of morpholine rings is 1. The summed E-state index contributed by atoms with van der Waals surface area (Å²) in [5.74, 6) is -2.51. The number of imide groups is 1. The van der Waals surface area contributed by atoms with E-state index in [0.29, 0.717) is 36.2 Å². The van der Waals surface area contributed by atoms with Crippen molar-refractivity contribution in [3.8, 4) is 0 Å². The second-order valence-electron chi connectivity index (χ2n) is 9.50. The van der Waals surface area contributed by atoms with Gasteiger partial charge in [-0.2, -0.15) is 0 Å². The van der Waals surface area contributed by atoms with Crippen LogP contribution in [0.5, 0.6) is 0 Å². The number of fused-ring (bicyclic) bond motifs is 2. The molecule has 0 saturated carbocycles. The van der Waals surface area contributed by atoms with Crippen LogP contribution < -0.4 is 9.77 Å². The van der Waals surface area contributed by atoms with Crippen molar-refractivity contribution in [2.24, 2.45) is 5.92 Å². The molecule has 0 aliphatic carbocycles. The topological polar surface area (TPSA) is 132 Å². The molecule has 11 nitrogen and oxygen atoms in total. The van der Waals surface area contributed by atoms with Crippen molar-refractivity contribution in [1.82, 2.24) is 9.47 Å². The molecule has 4 heterocycles. The highest BCUT2D eigenvalue weighted by Crippen LogP contribution is 2.54. The summed E-state index contributed by atoms with van der Waals surface area (Å²) >= 11 is 5.55. The Morgan fingerprint density at radius 2 is 1.70 bits per heavy atom. The van der Waals surface area contributed by atoms with Crippen LogP contribution in [-0.4, -0.2) is 63.7 Å². The van der Waals surface area contributed by atoms with E-state index in [9.17, 15) is 29.3 Å². The Morgan fingerprint density at radius 1 is 1.02 bits per heavy atom. The number of halogens is 1. The zero-order chi connectivity index (χ0) is 28.1. The zero-order valence-corrected chi connectivity index (χ0v) is 23.9. The number of non-ortho nitro benzene ring substituents is 1. The third-order valence-electron chi connectivity index (χ3n) is 7.25. The zero-order valence-electron chi connectivity index (χ0n) is 20.7. The summed E-state index contributed by atoms with van der Waals surface area (Å²) in [6, 6.07) is 12.7. The van der Waals surface area contributed by atoms with Crippen LogP contribution in [0.15, 0.2) is 62.8 Å². The molecule has 0 unspecified atom stereocenters. The number of thioether (sulfide) groups is 1. The molecule has 0 N–H and O–H groups in total. The van der Waals surface area contributed by atoms with Gasteiger partial charge >= 0.3 is 4.87 Å². The largest absolute Gasteiger partial charge is 0.378 e. The number of carbonyl (C=O) groups is 3. The number of hydrogen-bond donors (Lipinski definition) is 0. The van der Waals surface area contributed by atoms with Crippen molar-refractivity contribution in [2.45, 2.75) is 22.7 Å². The number of amides is 3. The molecule has 6 rings (SSSR count). The molecule has 0 spiro atoms. The van der Waals surface area contributed by atoms with E-state index in [-0.39, 0.29) is 28.7 Å². The van der Waals surface area contributed by atoms with E-state index >= 15 is 0 Å². The minimum Gasteiger partial charge on any atom is -0.378 e. The summed E-state index contributed by atoms with van der Waals surface area (Å²) in [5.41, 5.74) is 0.853. The fourth-order valence-corrected chi connectivity index (χ4v) is 8.35. The Kier molecular flexibility index (Phi) is 7.10. The predicted octanol–water partition coefficient (Wildman–Crippen LogP) is 3.24. The Labute approximate surface area is 244 Å². The Morgan fingerprint density at radius 3 is 2.35 bits per heavy atom. The smallest absolute Gasteiger partial charge is 0.308 e. The van der Waals surface area contributed by atoms with Gasteiger partial charge in [-0.15, -0.1) is 0 Å². The normalized spacial score (nSPS) is 22.3. The van der Waals surface area contributed by atoms with Crippen LogP contribution in [0.4, 0.5) is 11.4 Å². The summed E-state index contributed by atoms with van der Waals surface area (Å²) in [6.45, 7) is 1.58. The van der Waals surface area contributed by atoms with Crippen molar-refractivity contribution >= 4 is 68.1 Å². The molecule has 14 heteroatoms. The molecule has 40 heavy (non-hydrogen) atoms. The minimum atomic E-state index is -0.845. The van der Waals surface area contributed by atoms with Gasteiger partial charge in [0.05, 0.1) is 34.8 Å². The average molecular weight is 646 g/mol. The van der Waals surface area contributed by atoms with Crippen LogP contribution in [-0.2, 0) is 25.7 Å². The van der Waals surface area contributed by atoms with Gasteiger partial charge in [-0.05, 0) is 29.8 Å². The maximum absolute atomic E-state index is 13.9. The number of nitro groups is 1. The number of ether oxygens (including phenoxy) is 1. The van der Waals surface area contributed by atoms with Gasteiger partial charge in [0, 0.05) is 40.5 Å². The molecule has 2 aromatic carbocycles. The fourth-order valence-electron chi connectivity index (χ4n) is 5.31. The highest BCUT2D eigenvalue weighted by atomic mass is 79.9. The van der Waals surface area contributed by atoms with Crippen molar-refractivity contribution in [1.29, 1.82) is 0 Å². The molecular weight excluding hydrogens is 624 g/mol. The highest BCUT2D eigenvalue weighted by molar-refractivity contribution is 9.10. The van der Waals surface area contributed by atoms with Crippen molar-refractivity contribution in [3.05, 3.63) is 83.2 Å². The SMILES string of the molecule is O=C(Cn1c2c(sc1=O)[C@@H](c1ccc(Br)cc1)[C@@H]1C(=O)N(c3ccc([N+](=O)[O-])cc3)C(=O)[C@@H]1S2)N1CCOCC1. The van der Waals surface area contributed by atoms with Gasteiger partial charge < -0.3 is 9.64 Å². The lowest BCUT2D eigenvalue weighted by atomic mass is 9.83. The number of hydrogen-bond acceptors (Lipinski definition) is 9. The quantitative estimate of drug-likeness (QED) is 0.235. The Balaban J connectivity index is 1.41. The molecule has 0 bridgehead atoms. The van der Waals surface area contributed by atoms with Crippen molar-refractivity contribution in [3.63, 3.8) is 0 Å². The molecular formula is C26H21BrN4O7S2. The first-order chi connectivity index (χ1) is 19.2. The van der Waals surface area contributed by atoms with E-state index in [1.807, 2.05) is 24.3 Å². The first-order valence-corrected chi connectivity index (χ1v) is 14.9. The van der Waals surface area contributed by atoms with Crippen molar-refractivity contribution < 1.29 is 24.0 Å². The molecule has 2 saturated heterocycles. The van der Waals surface area contributed by atoms with Crippen LogP contribution >= 0.6 is 39.0 Å². The molecule has 0 radical (unpaired) electrons. The summed E-state index contributed by atoms with van der Waals surface area (Å²) in [6.07, 6.45) is 0. The van der Waals surface area contributed by atoms with Crippen molar-refractivity contribution in [2.75, 3.05) is 31.2 Å².